The molecule has 3 aliphatic rings. The van der Waals surface area contributed by atoms with Crippen LogP contribution in [0.2, 0.25) is 0 Å². The summed E-state index contributed by atoms with van der Waals surface area (Å²) in [7, 11) is 5.62. The third-order valence-corrected chi connectivity index (χ3v) is 14.1. The number of pyridine rings is 2. The van der Waals surface area contributed by atoms with Crippen LogP contribution < -0.4 is 19.7 Å². The molecule has 1 N–H and O–H groups in total. The third kappa shape index (κ3) is 8.71. The Morgan fingerprint density at radius 2 is 1.54 bits per heavy atom. The van der Waals surface area contributed by atoms with Gasteiger partial charge in [-0.05, 0) is 72.1 Å². The Bertz CT molecular complexity index is 3060. The van der Waals surface area contributed by atoms with Crippen LogP contribution in [0.15, 0.2) is 122 Å². The molecule has 0 radical (unpaired) electrons. The fourth-order valence-corrected chi connectivity index (χ4v) is 10.6. The normalized spacial score (nSPS) is 16.1. The molecule has 1 amide bonds. The number of aromatic nitrogens is 7. The smallest absolute Gasteiger partial charge is 0.270 e. The number of piperidine rings is 1. The molecule has 8 aromatic rings. The highest BCUT2D eigenvalue weighted by Gasteiger charge is 2.45. The van der Waals surface area contributed by atoms with E-state index >= 15 is 0 Å². The summed E-state index contributed by atoms with van der Waals surface area (Å²) in [5.74, 6) is 2.14. The Morgan fingerprint density at radius 3 is 2.25 bits per heavy atom. The van der Waals surface area contributed by atoms with Crippen LogP contribution in [0.4, 0.5) is 17.5 Å². The molecule has 14 nitrogen and oxygen atoms in total. The number of aryl methyl sites for hydroxylation is 1. The largest absolute Gasteiger partial charge is 0.473 e. The molecule has 1 spiro atoms. The highest BCUT2D eigenvalue weighted by atomic mass is 16.5. The predicted molar refractivity (Wildman–Crippen MR) is 265 cm³/mol. The van der Waals surface area contributed by atoms with Crippen LogP contribution in [0, 0.1) is 5.41 Å². The van der Waals surface area contributed by atoms with Crippen molar-refractivity contribution < 1.29 is 14.3 Å². The van der Waals surface area contributed by atoms with Crippen LogP contribution >= 0.6 is 0 Å². The summed E-state index contributed by atoms with van der Waals surface area (Å²) in [6, 6.07) is 37.1. The number of benzene rings is 3. The molecule has 3 aromatic carbocycles. The predicted octanol–water partition coefficient (Wildman–Crippen LogP) is 9.60. The lowest BCUT2D eigenvalue weighted by Crippen LogP contribution is -2.59. The Kier molecular flexibility index (Phi) is 11.7. The van der Waals surface area contributed by atoms with Crippen molar-refractivity contribution in [2.75, 3.05) is 50.5 Å². The molecule has 7 heterocycles. The van der Waals surface area contributed by atoms with E-state index in [0.717, 1.165) is 121 Å². The van der Waals surface area contributed by atoms with Gasteiger partial charge < -0.3 is 29.2 Å². The van der Waals surface area contributed by atoms with E-state index < -0.39 is 0 Å². The van der Waals surface area contributed by atoms with Gasteiger partial charge in [0, 0.05) is 82.9 Å². The first kappa shape index (κ1) is 43.3. The fourth-order valence-electron chi connectivity index (χ4n) is 10.6. The van der Waals surface area contributed by atoms with E-state index in [1.807, 2.05) is 90.7 Å². The number of carbonyl (C=O) groups is 1. The molecule has 1 saturated carbocycles. The molecule has 11 rings (SSSR count). The zero-order valence-corrected chi connectivity index (χ0v) is 39.0. The molecule has 1 aliphatic carbocycles. The minimum Gasteiger partial charge on any atom is -0.473 e. The van der Waals surface area contributed by atoms with E-state index in [1.54, 1.807) is 25.2 Å². The van der Waals surface area contributed by atoms with Crippen molar-refractivity contribution in [3.8, 4) is 23.0 Å². The van der Waals surface area contributed by atoms with E-state index in [1.165, 1.54) is 5.56 Å². The van der Waals surface area contributed by atoms with Gasteiger partial charge in [0.2, 0.25) is 17.7 Å². The van der Waals surface area contributed by atoms with Gasteiger partial charge in [0.15, 0.2) is 0 Å². The third-order valence-electron chi connectivity index (χ3n) is 14.1. The van der Waals surface area contributed by atoms with Crippen LogP contribution in [-0.4, -0.2) is 90.3 Å². The van der Waals surface area contributed by atoms with Crippen molar-refractivity contribution in [2.24, 2.45) is 12.5 Å². The van der Waals surface area contributed by atoms with Gasteiger partial charge in [0.1, 0.15) is 36.1 Å². The lowest BCUT2D eigenvalue weighted by molar-refractivity contribution is -0.0238. The number of para-hydroxylation sites is 1. The first-order valence-electron chi connectivity index (χ1n) is 23.9. The second kappa shape index (κ2) is 18.4. The van der Waals surface area contributed by atoms with Gasteiger partial charge in [-0.15, -0.1) is 0 Å². The lowest BCUT2D eigenvalue weighted by Gasteiger charge is -2.54. The Balaban J connectivity index is 0.733. The first-order chi connectivity index (χ1) is 33.3. The first-order valence-corrected chi connectivity index (χ1v) is 23.9. The second-order valence-corrected chi connectivity index (χ2v) is 19.0. The van der Waals surface area contributed by atoms with E-state index in [2.05, 4.69) is 61.1 Å². The number of carbonyl (C=O) groups excluding carboxylic acids is 1. The lowest BCUT2D eigenvalue weighted by atomic mass is 9.72. The van der Waals surface area contributed by atoms with Crippen molar-refractivity contribution in [1.29, 1.82) is 0 Å². The highest BCUT2D eigenvalue weighted by molar-refractivity contribution is 5.98. The SMILES string of the molecule is CN(C)C(=O)c1cc2cnc(Nc3ccc(N4CCC5(CC4)CN(Cc4cccc6c(-c7ccc(OCc8ccccc8)nc7OCc7ccccc7)nn(C)c46)C5)cn3)nc2n1C1CCCC1. The molecule has 5 aromatic heterocycles. The zero-order valence-electron chi connectivity index (χ0n) is 39.0. The summed E-state index contributed by atoms with van der Waals surface area (Å²) in [5, 5.41) is 10.4. The van der Waals surface area contributed by atoms with E-state index in [9.17, 15) is 4.79 Å². The van der Waals surface area contributed by atoms with Gasteiger partial charge in [-0.2, -0.15) is 15.1 Å². The number of amides is 1. The molecular weight excluding hydrogens is 851 g/mol. The minimum absolute atomic E-state index is 0.0173. The number of nitrogens with one attached hydrogen (secondary N) is 1. The Morgan fingerprint density at radius 1 is 0.809 bits per heavy atom. The van der Waals surface area contributed by atoms with E-state index in [-0.39, 0.29) is 11.9 Å². The average Bonchev–Trinajstić information content (AvgIpc) is 4.11. The molecule has 2 saturated heterocycles. The van der Waals surface area contributed by atoms with E-state index in [4.69, 9.17) is 29.5 Å². The molecule has 346 valence electrons. The summed E-state index contributed by atoms with van der Waals surface area (Å²) in [5.41, 5.74) is 9.09. The summed E-state index contributed by atoms with van der Waals surface area (Å²) < 4.78 is 16.7. The van der Waals surface area contributed by atoms with Crippen molar-refractivity contribution in [1.82, 2.24) is 44.1 Å². The minimum atomic E-state index is -0.0173. The Hall–Kier alpha value is -7.32. The van der Waals surface area contributed by atoms with Crippen LogP contribution in [0.1, 0.15) is 71.7 Å². The Labute approximate surface area is 396 Å². The number of anilines is 3. The van der Waals surface area contributed by atoms with Gasteiger partial charge in [-0.25, -0.2) is 9.97 Å². The average molecular weight is 908 g/mol. The zero-order chi connectivity index (χ0) is 46.2. The number of likely N-dealkylation sites (tertiary alicyclic amines) is 1. The van der Waals surface area contributed by atoms with Gasteiger partial charge >= 0.3 is 0 Å². The van der Waals surface area contributed by atoms with Crippen molar-refractivity contribution >= 4 is 45.3 Å². The van der Waals surface area contributed by atoms with Crippen molar-refractivity contribution in [2.45, 2.75) is 64.3 Å². The van der Waals surface area contributed by atoms with Crippen LogP contribution in [-0.2, 0) is 26.8 Å². The summed E-state index contributed by atoms with van der Waals surface area (Å²) in [6.45, 7) is 5.80. The van der Waals surface area contributed by atoms with Gasteiger partial charge in [-0.3, -0.25) is 14.4 Å². The highest BCUT2D eigenvalue weighted by Crippen LogP contribution is 2.43. The molecule has 2 aliphatic heterocycles. The van der Waals surface area contributed by atoms with Crippen molar-refractivity contribution in [3.05, 3.63) is 144 Å². The maximum atomic E-state index is 13.2. The molecule has 3 fully saturated rings. The standard InChI is InChI=1S/C54H57N11O3/c1-61(2)52(66)45-29-40-30-56-53(59-50(40)65(45)41-18-10-11-19-41)57-46-23-21-42(31-55-46)64-27-25-54(26-28-64)35-63(36-54)32-39-17-12-20-43-48(60-62(3)49(39)43)44-22-24-47(67-33-37-13-6-4-7-14-37)58-51(44)68-34-38-15-8-5-9-16-38/h4-9,12-17,20-24,29-31,41H,10-11,18-19,25-28,32-36H2,1-3H3,(H,55,56,57,59). The molecule has 0 bridgehead atoms. The summed E-state index contributed by atoms with van der Waals surface area (Å²) >= 11 is 0. The monoisotopic (exact) mass is 907 g/mol. The molecular formula is C54H57N11O3. The number of fused-ring (bicyclic) bond motifs is 2. The number of hydrogen-bond donors (Lipinski definition) is 1. The fraction of sp³-hybridized carbons (Fsp3) is 0.333. The maximum Gasteiger partial charge on any atom is 0.270 e. The van der Waals surface area contributed by atoms with Crippen molar-refractivity contribution in [3.63, 3.8) is 0 Å². The molecule has 0 atom stereocenters. The summed E-state index contributed by atoms with van der Waals surface area (Å²) in [6.07, 6.45) is 10.4. The molecule has 68 heavy (non-hydrogen) atoms. The molecule has 14 heteroatoms. The number of nitrogens with zero attached hydrogens (tertiary/aromatic N) is 10. The topological polar surface area (TPSA) is 132 Å². The number of ether oxygens (including phenoxy) is 2. The van der Waals surface area contributed by atoms with Gasteiger partial charge in [0.25, 0.3) is 5.91 Å². The van der Waals surface area contributed by atoms with Crippen LogP contribution in [0.5, 0.6) is 11.8 Å². The molecule has 0 unspecified atom stereocenters. The van der Waals surface area contributed by atoms with E-state index in [0.29, 0.717) is 47.8 Å². The van der Waals surface area contributed by atoms with Gasteiger partial charge in [0.05, 0.1) is 23.0 Å². The number of hydrogen-bond acceptors (Lipinski definition) is 11. The summed E-state index contributed by atoms with van der Waals surface area (Å²) in [4.78, 5) is 39.0. The van der Waals surface area contributed by atoms with Crippen LogP contribution in [0.25, 0.3) is 33.2 Å². The second-order valence-electron chi connectivity index (χ2n) is 19.0. The maximum absolute atomic E-state index is 13.2. The van der Waals surface area contributed by atoms with Gasteiger partial charge in [-0.1, -0.05) is 91.7 Å². The quantitative estimate of drug-likeness (QED) is 0.112. The van der Waals surface area contributed by atoms with Crippen LogP contribution in [0.3, 0.4) is 0 Å². The number of rotatable bonds is 14.